The molecule has 1 aromatic carbocycles. The van der Waals surface area contributed by atoms with E-state index in [1.54, 1.807) is 0 Å². The molecule has 0 bridgehead atoms. The molecule has 0 unspecified atom stereocenters. The van der Waals surface area contributed by atoms with Crippen molar-refractivity contribution < 1.29 is 0 Å². The third-order valence-electron chi connectivity index (χ3n) is 2.75. The summed E-state index contributed by atoms with van der Waals surface area (Å²) in [6.07, 6.45) is 0.947. The van der Waals surface area contributed by atoms with Gasteiger partial charge >= 0.3 is 0 Å². The van der Waals surface area contributed by atoms with E-state index in [2.05, 4.69) is 15.5 Å². The highest BCUT2D eigenvalue weighted by atomic mass is 35.5. The van der Waals surface area contributed by atoms with Crippen molar-refractivity contribution in [1.82, 2.24) is 10.2 Å². The zero-order valence-corrected chi connectivity index (χ0v) is 9.86. The van der Waals surface area contributed by atoms with Gasteiger partial charge in [0.15, 0.2) is 5.82 Å². The van der Waals surface area contributed by atoms with E-state index in [0.717, 1.165) is 35.6 Å². The number of nitrogens with zero attached hydrogens (tertiary/aromatic N) is 1. The third kappa shape index (κ3) is 1.39. The lowest BCUT2D eigenvalue weighted by Crippen LogP contribution is -1.95. The maximum absolute atomic E-state index is 6.17. The van der Waals surface area contributed by atoms with Gasteiger partial charge < -0.3 is 5.32 Å². The van der Waals surface area contributed by atoms with E-state index in [4.69, 9.17) is 23.2 Å². The van der Waals surface area contributed by atoms with Crippen LogP contribution in [0.1, 0.15) is 5.56 Å². The lowest BCUT2D eigenvalue weighted by molar-refractivity contribution is 1.04. The first kappa shape index (κ1) is 10.00. The van der Waals surface area contributed by atoms with Crippen molar-refractivity contribution in [3.8, 4) is 11.3 Å². The van der Waals surface area contributed by atoms with Gasteiger partial charge in [-0.05, 0) is 18.6 Å². The summed E-state index contributed by atoms with van der Waals surface area (Å²) >= 11 is 12.3. The third-order valence-corrected chi connectivity index (χ3v) is 3.38. The predicted octanol–water partition coefficient (Wildman–Crippen LogP) is 3.35. The van der Waals surface area contributed by atoms with E-state index < -0.39 is 0 Å². The van der Waals surface area contributed by atoms with E-state index in [0.29, 0.717) is 10.0 Å². The second kappa shape index (κ2) is 3.68. The summed E-state index contributed by atoms with van der Waals surface area (Å²) in [7, 11) is 0. The average Bonchev–Trinajstić information content (AvgIpc) is 2.81. The predicted molar refractivity (Wildman–Crippen MR) is 66.2 cm³/mol. The second-order valence-electron chi connectivity index (χ2n) is 3.70. The Morgan fingerprint density at radius 3 is 2.69 bits per heavy atom. The fourth-order valence-corrected chi connectivity index (χ4v) is 2.59. The molecule has 0 atom stereocenters. The number of rotatable bonds is 1. The zero-order valence-electron chi connectivity index (χ0n) is 8.35. The molecule has 2 aromatic rings. The molecule has 0 radical (unpaired) electrons. The van der Waals surface area contributed by atoms with Crippen LogP contribution in [-0.4, -0.2) is 16.7 Å². The van der Waals surface area contributed by atoms with Gasteiger partial charge in [-0.3, -0.25) is 5.10 Å². The first-order valence-corrected chi connectivity index (χ1v) is 5.78. The molecule has 0 spiro atoms. The molecule has 3 nitrogen and oxygen atoms in total. The van der Waals surface area contributed by atoms with E-state index in [-0.39, 0.29) is 0 Å². The van der Waals surface area contributed by atoms with Crippen molar-refractivity contribution in [3.05, 3.63) is 33.8 Å². The summed E-state index contributed by atoms with van der Waals surface area (Å²) in [5.41, 5.74) is 2.92. The van der Waals surface area contributed by atoms with Crippen LogP contribution in [-0.2, 0) is 6.42 Å². The summed E-state index contributed by atoms with van der Waals surface area (Å²) in [5.74, 6) is 0.908. The summed E-state index contributed by atoms with van der Waals surface area (Å²) in [6.45, 7) is 0.918. The number of halogens is 2. The molecule has 16 heavy (non-hydrogen) atoms. The van der Waals surface area contributed by atoms with E-state index in [1.165, 1.54) is 0 Å². The largest absolute Gasteiger partial charge is 0.368 e. The standard InChI is InChI=1S/C11H9Cl2N3/c12-7-2-1-3-8(13)9(7)10-6-4-5-14-11(6)16-15-10/h1-3H,4-5H2,(H2,14,15,16). The first-order valence-electron chi connectivity index (χ1n) is 5.03. The number of aromatic amines is 1. The molecule has 3 rings (SSSR count). The molecular weight excluding hydrogens is 245 g/mol. The number of aromatic nitrogens is 2. The minimum atomic E-state index is 0.644. The van der Waals surface area contributed by atoms with Gasteiger partial charge in [0.1, 0.15) is 0 Å². The fourth-order valence-electron chi connectivity index (χ4n) is 2.00. The number of hydrogen-bond acceptors (Lipinski definition) is 2. The summed E-state index contributed by atoms with van der Waals surface area (Å²) in [6, 6.07) is 5.50. The number of nitrogens with one attached hydrogen (secondary N) is 2. The number of benzene rings is 1. The molecular formula is C11H9Cl2N3. The van der Waals surface area contributed by atoms with E-state index in [1.807, 2.05) is 18.2 Å². The van der Waals surface area contributed by atoms with Crippen molar-refractivity contribution in [2.24, 2.45) is 0 Å². The molecule has 2 N–H and O–H groups in total. The minimum Gasteiger partial charge on any atom is -0.368 e. The molecule has 1 aliphatic rings. The van der Waals surface area contributed by atoms with Crippen molar-refractivity contribution in [3.63, 3.8) is 0 Å². The number of anilines is 1. The van der Waals surface area contributed by atoms with Crippen LogP contribution in [0.3, 0.4) is 0 Å². The van der Waals surface area contributed by atoms with Gasteiger partial charge in [-0.2, -0.15) is 5.10 Å². The van der Waals surface area contributed by atoms with Crippen molar-refractivity contribution in [1.29, 1.82) is 0 Å². The molecule has 5 heteroatoms. The van der Waals surface area contributed by atoms with Gasteiger partial charge in [0.05, 0.1) is 15.7 Å². The van der Waals surface area contributed by atoms with Crippen LogP contribution in [0.4, 0.5) is 5.82 Å². The average molecular weight is 254 g/mol. The van der Waals surface area contributed by atoms with Gasteiger partial charge in [0.2, 0.25) is 0 Å². The highest BCUT2D eigenvalue weighted by Gasteiger charge is 2.21. The molecule has 0 fully saturated rings. The Kier molecular flexibility index (Phi) is 2.30. The topological polar surface area (TPSA) is 40.7 Å². The molecule has 0 saturated carbocycles. The van der Waals surface area contributed by atoms with E-state index in [9.17, 15) is 0 Å². The number of hydrogen-bond donors (Lipinski definition) is 2. The van der Waals surface area contributed by atoms with Crippen LogP contribution in [0, 0.1) is 0 Å². The Hall–Kier alpha value is -1.19. The Morgan fingerprint density at radius 2 is 1.94 bits per heavy atom. The highest BCUT2D eigenvalue weighted by molar-refractivity contribution is 6.39. The Labute approximate surface area is 103 Å². The summed E-state index contributed by atoms with van der Waals surface area (Å²) < 4.78 is 0. The van der Waals surface area contributed by atoms with Crippen LogP contribution in [0.2, 0.25) is 10.0 Å². The molecule has 82 valence electrons. The monoisotopic (exact) mass is 253 g/mol. The van der Waals surface area contributed by atoms with Gasteiger partial charge in [0.25, 0.3) is 0 Å². The zero-order chi connectivity index (χ0) is 11.1. The maximum atomic E-state index is 6.17. The number of H-pyrrole nitrogens is 1. The normalized spacial score (nSPS) is 13.6. The van der Waals surface area contributed by atoms with Crippen molar-refractivity contribution in [2.75, 3.05) is 11.9 Å². The first-order chi connectivity index (χ1) is 7.77. The molecule has 0 saturated heterocycles. The quantitative estimate of drug-likeness (QED) is 0.819. The van der Waals surface area contributed by atoms with Crippen LogP contribution >= 0.6 is 23.2 Å². The van der Waals surface area contributed by atoms with Crippen molar-refractivity contribution >= 4 is 29.0 Å². The van der Waals surface area contributed by atoms with Gasteiger partial charge in [-0.1, -0.05) is 29.3 Å². The lowest BCUT2D eigenvalue weighted by Gasteiger charge is -2.05. The maximum Gasteiger partial charge on any atom is 0.151 e. The molecule has 1 aromatic heterocycles. The molecule has 0 amide bonds. The lowest BCUT2D eigenvalue weighted by atomic mass is 10.1. The van der Waals surface area contributed by atoms with Crippen LogP contribution < -0.4 is 5.32 Å². The highest BCUT2D eigenvalue weighted by Crippen LogP contribution is 2.38. The van der Waals surface area contributed by atoms with Crippen LogP contribution in [0.15, 0.2) is 18.2 Å². The van der Waals surface area contributed by atoms with E-state index >= 15 is 0 Å². The molecule has 0 aliphatic carbocycles. The summed E-state index contributed by atoms with van der Waals surface area (Å²) in [4.78, 5) is 0. The minimum absolute atomic E-state index is 0.644. The SMILES string of the molecule is Clc1cccc(Cl)c1-c1[nH]nc2c1CCN2. The van der Waals surface area contributed by atoms with Gasteiger partial charge in [0, 0.05) is 17.7 Å². The molecule has 1 aliphatic heterocycles. The van der Waals surface area contributed by atoms with Gasteiger partial charge in [-0.15, -0.1) is 0 Å². The Bertz CT molecular complexity index is 528. The van der Waals surface area contributed by atoms with Crippen LogP contribution in [0.25, 0.3) is 11.3 Å². The molecule has 2 heterocycles. The number of fused-ring (bicyclic) bond motifs is 1. The second-order valence-corrected chi connectivity index (χ2v) is 4.51. The van der Waals surface area contributed by atoms with Crippen molar-refractivity contribution in [2.45, 2.75) is 6.42 Å². The van der Waals surface area contributed by atoms with Gasteiger partial charge in [-0.25, -0.2) is 0 Å². The Balaban J connectivity index is 2.22. The summed E-state index contributed by atoms with van der Waals surface area (Å²) in [5, 5.41) is 11.7. The fraction of sp³-hybridized carbons (Fsp3) is 0.182. The Morgan fingerprint density at radius 1 is 1.19 bits per heavy atom. The smallest absolute Gasteiger partial charge is 0.151 e. The van der Waals surface area contributed by atoms with Crippen LogP contribution in [0.5, 0.6) is 0 Å².